The van der Waals surface area contributed by atoms with Gasteiger partial charge in [-0.3, -0.25) is 4.90 Å². The molecule has 82 valence electrons. The van der Waals surface area contributed by atoms with E-state index in [0.717, 1.165) is 6.54 Å². The van der Waals surface area contributed by atoms with Gasteiger partial charge < -0.3 is 0 Å². The van der Waals surface area contributed by atoms with Gasteiger partial charge in [0.2, 0.25) is 0 Å². The van der Waals surface area contributed by atoms with Crippen LogP contribution in [-0.2, 0) is 0 Å². The van der Waals surface area contributed by atoms with Crippen molar-refractivity contribution in [2.75, 3.05) is 13.1 Å². The summed E-state index contributed by atoms with van der Waals surface area (Å²) in [7, 11) is 0. The molecule has 0 aliphatic rings. The highest BCUT2D eigenvalue weighted by atomic mass is 35.5. The van der Waals surface area contributed by atoms with Crippen LogP contribution < -0.4 is 0 Å². The van der Waals surface area contributed by atoms with Crippen LogP contribution in [0.4, 0.5) is 0 Å². The lowest BCUT2D eigenvalue weighted by molar-refractivity contribution is 0.223. The highest BCUT2D eigenvalue weighted by Gasteiger charge is 2.13. The number of halogens is 1. The molecule has 0 aromatic rings. The predicted molar refractivity (Wildman–Crippen MR) is 61.5 cm³/mol. The van der Waals surface area contributed by atoms with Crippen LogP contribution in [0, 0.1) is 11.3 Å². The molecule has 1 unspecified atom stereocenters. The monoisotopic (exact) mass is 216 g/mol. The molecular weight excluding hydrogens is 196 g/mol. The zero-order chi connectivity index (χ0) is 11.0. The highest BCUT2D eigenvalue weighted by Crippen LogP contribution is 2.06. The van der Waals surface area contributed by atoms with Crippen molar-refractivity contribution < 1.29 is 0 Å². The smallest absolute Gasteiger partial charge is 0.133 e. The Hall–Kier alpha value is -0.260. The molecule has 0 fully saturated rings. The number of nitrogens with zero attached hydrogens (tertiary/aromatic N) is 2. The van der Waals surface area contributed by atoms with Gasteiger partial charge in [0.1, 0.15) is 5.38 Å². The first-order valence-electron chi connectivity index (χ1n) is 5.39. The van der Waals surface area contributed by atoms with Crippen molar-refractivity contribution in [1.82, 2.24) is 4.90 Å². The Morgan fingerprint density at radius 3 is 2.43 bits per heavy atom. The van der Waals surface area contributed by atoms with E-state index in [0.29, 0.717) is 12.6 Å². The molecular formula is C11H21ClN2. The highest BCUT2D eigenvalue weighted by molar-refractivity contribution is 6.22. The van der Waals surface area contributed by atoms with Crippen LogP contribution >= 0.6 is 11.6 Å². The van der Waals surface area contributed by atoms with Crippen molar-refractivity contribution in [3.05, 3.63) is 0 Å². The number of nitriles is 1. The second kappa shape index (κ2) is 8.08. The van der Waals surface area contributed by atoms with E-state index in [9.17, 15) is 0 Å². The van der Waals surface area contributed by atoms with Crippen LogP contribution in [0.15, 0.2) is 0 Å². The minimum Gasteiger partial charge on any atom is -0.298 e. The Bertz CT molecular complexity index is 175. The van der Waals surface area contributed by atoms with Gasteiger partial charge in [-0.15, -0.1) is 11.6 Å². The van der Waals surface area contributed by atoms with Crippen LogP contribution in [-0.4, -0.2) is 29.4 Å². The van der Waals surface area contributed by atoms with Gasteiger partial charge >= 0.3 is 0 Å². The van der Waals surface area contributed by atoms with Crippen molar-refractivity contribution in [2.24, 2.45) is 0 Å². The first kappa shape index (κ1) is 13.7. The first-order valence-corrected chi connectivity index (χ1v) is 5.83. The summed E-state index contributed by atoms with van der Waals surface area (Å²) < 4.78 is 0. The number of unbranched alkanes of at least 4 members (excludes halogenated alkanes) is 2. The zero-order valence-corrected chi connectivity index (χ0v) is 10.2. The average molecular weight is 217 g/mol. The van der Waals surface area contributed by atoms with Gasteiger partial charge in [0.15, 0.2) is 0 Å². The molecule has 0 amide bonds. The molecule has 0 aromatic heterocycles. The quantitative estimate of drug-likeness (QED) is 0.483. The fourth-order valence-electron chi connectivity index (χ4n) is 1.37. The molecule has 14 heavy (non-hydrogen) atoms. The maximum absolute atomic E-state index is 8.63. The van der Waals surface area contributed by atoms with E-state index in [2.05, 4.69) is 31.7 Å². The fraction of sp³-hybridized carbons (Fsp3) is 0.909. The zero-order valence-electron chi connectivity index (χ0n) is 9.46. The summed E-state index contributed by atoms with van der Waals surface area (Å²) in [4.78, 5) is 2.27. The molecule has 0 radical (unpaired) electrons. The summed E-state index contributed by atoms with van der Waals surface area (Å²) in [5, 5.41) is 8.25. The molecule has 0 N–H and O–H groups in total. The van der Waals surface area contributed by atoms with Gasteiger partial charge in [-0.1, -0.05) is 19.8 Å². The van der Waals surface area contributed by atoms with Gasteiger partial charge in [0, 0.05) is 12.6 Å². The maximum atomic E-state index is 8.63. The van der Waals surface area contributed by atoms with Gasteiger partial charge in [-0.25, -0.2) is 0 Å². The van der Waals surface area contributed by atoms with Crippen LogP contribution in [0.5, 0.6) is 0 Å². The molecule has 0 bridgehead atoms. The largest absolute Gasteiger partial charge is 0.298 e. The lowest BCUT2D eigenvalue weighted by Gasteiger charge is -2.26. The van der Waals surface area contributed by atoms with E-state index >= 15 is 0 Å². The van der Waals surface area contributed by atoms with Crippen molar-refractivity contribution >= 4 is 11.6 Å². The van der Waals surface area contributed by atoms with Gasteiger partial charge in [-0.2, -0.15) is 5.26 Å². The van der Waals surface area contributed by atoms with Crippen LogP contribution in [0.1, 0.15) is 40.0 Å². The van der Waals surface area contributed by atoms with E-state index in [1.165, 1.54) is 19.3 Å². The lowest BCUT2D eigenvalue weighted by atomic mass is 10.2. The number of hydrogen-bond donors (Lipinski definition) is 0. The second-order valence-electron chi connectivity index (χ2n) is 3.89. The molecule has 0 rings (SSSR count). The molecule has 0 spiro atoms. The van der Waals surface area contributed by atoms with Crippen molar-refractivity contribution in [2.45, 2.75) is 51.5 Å². The Morgan fingerprint density at radius 2 is 2.00 bits per heavy atom. The summed E-state index contributed by atoms with van der Waals surface area (Å²) in [6.07, 6.45) is 3.68. The van der Waals surface area contributed by atoms with Crippen LogP contribution in [0.25, 0.3) is 0 Å². The third-order valence-electron chi connectivity index (χ3n) is 2.31. The maximum Gasteiger partial charge on any atom is 0.133 e. The fourth-order valence-corrected chi connectivity index (χ4v) is 1.55. The Morgan fingerprint density at radius 1 is 1.36 bits per heavy atom. The molecule has 0 heterocycles. The third kappa shape index (κ3) is 6.23. The Balaban J connectivity index is 3.85. The molecule has 0 aromatic carbocycles. The molecule has 1 atom stereocenters. The standard InChI is InChI=1S/C11H21ClN2/c1-4-5-6-7-14(10(2)3)9-11(12)8-13/h10-11H,4-7,9H2,1-3H3. The van der Waals surface area contributed by atoms with Crippen LogP contribution in [0.3, 0.4) is 0 Å². The summed E-state index contributed by atoms with van der Waals surface area (Å²) in [5.74, 6) is 0. The van der Waals surface area contributed by atoms with E-state index in [4.69, 9.17) is 16.9 Å². The molecule has 0 aliphatic carbocycles. The van der Waals surface area contributed by atoms with Crippen LogP contribution in [0.2, 0.25) is 0 Å². The van der Waals surface area contributed by atoms with E-state index in [1.54, 1.807) is 0 Å². The molecule has 0 saturated heterocycles. The number of rotatable bonds is 7. The van der Waals surface area contributed by atoms with Gasteiger partial charge in [0.05, 0.1) is 6.07 Å². The normalized spacial score (nSPS) is 13.2. The number of alkyl halides is 1. The number of hydrogen-bond acceptors (Lipinski definition) is 2. The summed E-state index contributed by atoms with van der Waals surface area (Å²) in [6.45, 7) is 8.22. The van der Waals surface area contributed by atoms with Crippen molar-refractivity contribution in [3.8, 4) is 6.07 Å². The average Bonchev–Trinajstić information content (AvgIpc) is 2.16. The lowest BCUT2D eigenvalue weighted by Crippen LogP contribution is -2.36. The molecule has 0 aliphatic heterocycles. The van der Waals surface area contributed by atoms with Crippen molar-refractivity contribution in [1.29, 1.82) is 5.26 Å². The Labute approximate surface area is 92.8 Å². The summed E-state index contributed by atoms with van der Waals surface area (Å²) in [6, 6.07) is 2.54. The van der Waals surface area contributed by atoms with E-state index in [-0.39, 0.29) is 5.38 Å². The second-order valence-corrected chi connectivity index (χ2v) is 4.42. The summed E-state index contributed by atoms with van der Waals surface area (Å²) >= 11 is 5.81. The minimum atomic E-state index is -0.376. The Kier molecular flexibility index (Phi) is 7.93. The minimum absolute atomic E-state index is 0.376. The predicted octanol–water partition coefficient (Wildman–Crippen LogP) is 3.02. The molecule has 2 nitrogen and oxygen atoms in total. The first-order chi connectivity index (χ1) is 6.61. The molecule has 3 heteroatoms. The SMILES string of the molecule is CCCCCN(CC(Cl)C#N)C(C)C. The molecule has 0 saturated carbocycles. The van der Waals surface area contributed by atoms with E-state index < -0.39 is 0 Å². The van der Waals surface area contributed by atoms with E-state index in [1.807, 2.05) is 0 Å². The third-order valence-corrected chi connectivity index (χ3v) is 2.55. The van der Waals surface area contributed by atoms with Gasteiger partial charge in [0.25, 0.3) is 0 Å². The topological polar surface area (TPSA) is 27.0 Å². The van der Waals surface area contributed by atoms with Crippen molar-refractivity contribution in [3.63, 3.8) is 0 Å². The summed E-state index contributed by atoms with van der Waals surface area (Å²) in [5.41, 5.74) is 0. The van der Waals surface area contributed by atoms with Gasteiger partial charge in [-0.05, 0) is 26.8 Å².